The summed E-state index contributed by atoms with van der Waals surface area (Å²) in [7, 11) is 0. The summed E-state index contributed by atoms with van der Waals surface area (Å²) < 4.78 is 0. The summed E-state index contributed by atoms with van der Waals surface area (Å²) in [4.78, 5) is 8.74. The standard InChI is InChI=1S/C10H11N3OS/c11-8-1-2-12-4-7(8)3-9(14)10-5-13-6-15-10/h1-2,4-6,9,14H,3H2,(H2,11,12). The molecule has 78 valence electrons. The van der Waals surface area contributed by atoms with Crippen LogP contribution in [0.15, 0.2) is 30.2 Å². The number of nitrogens with two attached hydrogens (primary N) is 1. The van der Waals surface area contributed by atoms with Gasteiger partial charge in [0.05, 0.1) is 16.5 Å². The molecule has 15 heavy (non-hydrogen) atoms. The molecule has 0 amide bonds. The molecule has 0 aliphatic rings. The van der Waals surface area contributed by atoms with E-state index >= 15 is 0 Å². The molecule has 2 aromatic heterocycles. The lowest BCUT2D eigenvalue weighted by Crippen LogP contribution is -2.03. The number of anilines is 1. The van der Waals surface area contributed by atoms with E-state index in [0.717, 1.165) is 10.4 Å². The van der Waals surface area contributed by atoms with Crippen molar-refractivity contribution in [3.8, 4) is 0 Å². The molecule has 5 heteroatoms. The average molecular weight is 221 g/mol. The van der Waals surface area contributed by atoms with Crippen molar-refractivity contribution in [3.63, 3.8) is 0 Å². The summed E-state index contributed by atoms with van der Waals surface area (Å²) in [5, 5.41) is 9.87. The number of nitrogens with zero attached hydrogens (tertiary/aromatic N) is 2. The highest BCUT2D eigenvalue weighted by atomic mass is 32.1. The molecule has 0 spiro atoms. The lowest BCUT2D eigenvalue weighted by molar-refractivity contribution is 0.182. The molecule has 0 aromatic carbocycles. The number of aliphatic hydroxyl groups excluding tert-OH is 1. The predicted octanol–water partition coefficient (Wildman–Crippen LogP) is 1.40. The maximum atomic E-state index is 9.87. The zero-order chi connectivity index (χ0) is 10.7. The Morgan fingerprint density at radius 2 is 2.27 bits per heavy atom. The fourth-order valence-corrected chi connectivity index (χ4v) is 1.91. The van der Waals surface area contributed by atoms with Crippen LogP contribution in [0.1, 0.15) is 16.5 Å². The van der Waals surface area contributed by atoms with E-state index in [4.69, 9.17) is 5.73 Å². The molecular weight excluding hydrogens is 210 g/mol. The van der Waals surface area contributed by atoms with Gasteiger partial charge in [-0.1, -0.05) is 0 Å². The van der Waals surface area contributed by atoms with Gasteiger partial charge in [-0.05, 0) is 11.6 Å². The third-order valence-corrected chi connectivity index (χ3v) is 3.01. The number of aromatic nitrogens is 2. The summed E-state index contributed by atoms with van der Waals surface area (Å²) in [6.07, 6.45) is 4.91. The third-order valence-electron chi connectivity index (χ3n) is 2.13. The second-order valence-electron chi connectivity index (χ2n) is 3.20. The molecule has 3 N–H and O–H groups in total. The first-order valence-electron chi connectivity index (χ1n) is 4.52. The first-order valence-corrected chi connectivity index (χ1v) is 5.40. The van der Waals surface area contributed by atoms with Crippen molar-refractivity contribution in [2.75, 3.05) is 5.73 Å². The lowest BCUT2D eigenvalue weighted by Gasteiger charge is -2.09. The van der Waals surface area contributed by atoms with Gasteiger partial charge in [0.2, 0.25) is 0 Å². The Labute approximate surface area is 91.4 Å². The maximum absolute atomic E-state index is 9.87. The van der Waals surface area contributed by atoms with Gasteiger partial charge >= 0.3 is 0 Å². The van der Waals surface area contributed by atoms with Crippen molar-refractivity contribution in [1.82, 2.24) is 9.97 Å². The highest BCUT2D eigenvalue weighted by Gasteiger charge is 2.11. The van der Waals surface area contributed by atoms with Crippen molar-refractivity contribution >= 4 is 17.0 Å². The second-order valence-corrected chi connectivity index (χ2v) is 4.12. The molecule has 2 aromatic rings. The summed E-state index contributed by atoms with van der Waals surface area (Å²) in [5.41, 5.74) is 8.98. The van der Waals surface area contributed by atoms with Crippen molar-refractivity contribution in [3.05, 3.63) is 40.6 Å². The van der Waals surface area contributed by atoms with Crippen molar-refractivity contribution < 1.29 is 5.11 Å². The Balaban J connectivity index is 2.13. The summed E-state index contributed by atoms with van der Waals surface area (Å²) in [6.45, 7) is 0. The Hall–Kier alpha value is -1.46. The zero-order valence-corrected chi connectivity index (χ0v) is 8.81. The number of pyridine rings is 1. The SMILES string of the molecule is Nc1ccncc1CC(O)c1cncs1. The van der Waals surface area contributed by atoms with E-state index in [1.165, 1.54) is 11.3 Å². The maximum Gasteiger partial charge on any atom is 0.0939 e. The minimum Gasteiger partial charge on any atom is -0.398 e. The second kappa shape index (κ2) is 4.37. The van der Waals surface area contributed by atoms with Crippen LogP contribution in [0.2, 0.25) is 0 Å². The van der Waals surface area contributed by atoms with Gasteiger partial charge in [0, 0.05) is 30.7 Å². The minimum absolute atomic E-state index is 0.474. The van der Waals surface area contributed by atoms with Crippen LogP contribution >= 0.6 is 11.3 Å². The Bertz CT molecular complexity index is 430. The molecule has 0 radical (unpaired) electrons. The molecule has 0 aliphatic heterocycles. The van der Waals surface area contributed by atoms with Crippen LogP contribution < -0.4 is 5.73 Å². The van der Waals surface area contributed by atoms with Gasteiger partial charge in [0.15, 0.2) is 0 Å². The normalized spacial score (nSPS) is 12.6. The lowest BCUT2D eigenvalue weighted by atomic mass is 10.1. The van der Waals surface area contributed by atoms with Gasteiger partial charge in [-0.3, -0.25) is 9.97 Å². The van der Waals surface area contributed by atoms with Gasteiger partial charge in [-0.25, -0.2) is 0 Å². The van der Waals surface area contributed by atoms with Crippen LogP contribution in [0.3, 0.4) is 0 Å². The van der Waals surface area contributed by atoms with E-state index < -0.39 is 6.10 Å². The number of hydrogen-bond donors (Lipinski definition) is 2. The van der Waals surface area contributed by atoms with Crippen molar-refractivity contribution in [2.45, 2.75) is 12.5 Å². The fourth-order valence-electron chi connectivity index (χ4n) is 1.31. The first kappa shape index (κ1) is 10.1. The molecule has 0 fully saturated rings. The van der Waals surface area contributed by atoms with Gasteiger partial charge in [-0.2, -0.15) is 0 Å². The molecular formula is C10H11N3OS. The minimum atomic E-state index is -0.552. The summed E-state index contributed by atoms with van der Waals surface area (Å²) >= 11 is 1.43. The smallest absolute Gasteiger partial charge is 0.0939 e. The number of thiazole rings is 1. The van der Waals surface area contributed by atoms with E-state index in [0.29, 0.717) is 12.1 Å². The van der Waals surface area contributed by atoms with E-state index in [2.05, 4.69) is 9.97 Å². The number of rotatable bonds is 3. The van der Waals surface area contributed by atoms with E-state index in [1.807, 2.05) is 0 Å². The Kier molecular flexibility index (Phi) is 2.94. The number of nitrogen functional groups attached to an aromatic ring is 1. The molecule has 0 aliphatic carbocycles. The number of hydrogen-bond acceptors (Lipinski definition) is 5. The summed E-state index contributed by atoms with van der Waals surface area (Å²) in [6, 6.07) is 1.73. The molecule has 2 rings (SSSR count). The van der Waals surface area contributed by atoms with Crippen LogP contribution in [0.4, 0.5) is 5.69 Å². The predicted molar refractivity (Wildman–Crippen MR) is 59.4 cm³/mol. The summed E-state index contributed by atoms with van der Waals surface area (Å²) in [5.74, 6) is 0. The molecule has 2 heterocycles. The molecule has 1 atom stereocenters. The van der Waals surface area contributed by atoms with Crippen LogP contribution in [0.25, 0.3) is 0 Å². The zero-order valence-electron chi connectivity index (χ0n) is 8.00. The Morgan fingerprint density at radius 1 is 1.40 bits per heavy atom. The van der Waals surface area contributed by atoms with Crippen LogP contribution in [-0.4, -0.2) is 15.1 Å². The molecule has 0 saturated carbocycles. The van der Waals surface area contributed by atoms with Gasteiger partial charge < -0.3 is 10.8 Å². The Morgan fingerprint density at radius 3 is 2.93 bits per heavy atom. The largest absolute Gasteiger partial charge is 0.398 e. The quantitative estimate of drug-likeness (QED) is 0.821. The van der Waals surface area contributed by atoms with E-state index in [1.54, 1.807) is 30.2 Å². The average Bonchev–Trinajstić information content (AvgIpc) is 2.74. The fraction of sp³-hybridized carbons (Fsp3) is 0.200. The number of aliphatic hydroxyl groups is 1. The molecule has 4 nitrogen and oxygen atoms in total. The van der Waals surface area contributed by atoms with Gasteiger partial charge in [-0.15, -0.1) is 11.3 Å². The topological polar surface area (TPSA) is 72.0 Å². The molecule has 1 unspecified atom stereocenters. The highest BCUT2D eigenvalue weighted by Crippen LogP contribution is 2.23. The van der Waals surface area contributed by atoms with Crippen molar-refractivity contribution in [1.29, 1.82) is 0 Å². The van der Waals surface area contributed by atoms with Crippen LogP contribution in [0.5, 0.6) is 0 Å². The van der Waals surface area contributed by atoms with Crippen LogP contribution in [0, 0.1) is 0 Å². The third kappa shape index (κ3) is 2.31. The van der Waals surface area contributed by atoms with E-state index in [9.17, 15) is 5.11 Å². The molecule has 0 bridgehead atoms. The highest BCUT2D eigenvalue weighted by molar-refractivity contribution is 7.09. The first-order chi connectivity index (χ1) is 7.27. The van der Waals surface area contributed by atoms with Gasteiger partial charge in [0.1, 0.15) is 0 Å². The van der Waals surface area contributed by atoms with E-state index in [-0.39, 0.29) is 0 Å². The monoisotopic (exact) mass is 221 g/mol. The van der Waals surface area contributed by atoms with Crippen molar-refractivity contribution in [2.24, 2.45) is 0 Å². The van der Waals surface area contributed by atoms with Crippen LogP contribution in [-0.2, 0) is 6.42 Å². The van der Waals surface area contributed by atoms with Gasteiger partial charge in [0.25, 0.3) is 0 Å². The molecule has 0 saturated heterocycles.